The number of nitrogens with one attached hydrogen (secondary N) is 1. The number of rotatable bonds is 3. The van der Waals surface area contributed by atoms with Gasteiger partial charge in [0, 0.05) is 25.2 Å². The van der Waals surface area contributed by atoms with Crippen LogP contribution in [0.25, 0.3) is 0 Å². The number of hydrogen-bond acceptors (Lipinski definition) is 3. The summed E-state index contributed by atoms with van der Waals surface area (Å²) < 4.78 is 18.6. The Morgan fingerprint density at radius 1 is 1.63 bits per heavy atom. The fraction of sp³-hybridized carbons (Fsp3) is 0.462. The first-order valence-electron chi connectivity index (χ1n) is 6.12. The molecule has 1 amide bonds. The summed E-state index contributed by atoms with van der Waals surface area (Å²) in [5, 5.41) is 2.98. The van der Waals surface area contributed by atoms with Gasteiger partial charge in [-0.25, -0.2) is 4.39 Å². The van der Waals surface area contributed by atoms with E-state index in [1.165, 1.54) is 18.2 Å². The lowest BCUT2D eigenvalue weighted by molar-refractivity contribution is -0.0196. The van der Waals surface area contributed by atoms with Crippen molar-refractivity contribution in [3.63, 3.8) is 0 Å². The highest BCUT2D eigenvalue weighted by Crippen LogP contribution is 2.18. The lowest BCUT2D eigenvalue weighted by Gasteiger charge is -2.33. The predicted molar refractivity (Wildman–Crippen MR) is 71.0 cm³/mol. The van der Waals surface area contributed by atoms with Gasteiger partial charge in [0.25, 0.3) is 5.91 Å². The molecule has 104 valence electrons. The quantitative estimate of drug-likeness (QED) is 0.916. The Bertz CT molecular complexity index is 468. The van der Waals surface area contributed by atoms with Crippen LogP contribution in [-0.2, 0) is 4.74 Å². The minimum absolute atomic E-state index is 0.0152. The molecular formula is C13H16ClFN2O2. The Balaban J connectivity index is 2.08. The molecule has 1 aromatic carbocycles. The molecule has 1 aliphatic rings. The van der Waals surface area contributed by atoms with Gasteiger partial charge in [-0.15, -0.1) is 0 Å². The maximum Gasteiger partial charge on any atom is 0.254 e. The molecule has 19 heavy (non-hydrogen) atoms. The molecule has 0 aromatic heterocycles. The van der Waals surface area contributed by atoms with E-state index in [4.69, 9.17) is 16.3 Å². The molecule has 1 saturated heterocycles. The fourth-order valence-corrected chi connectivity index (χ4v) is 2.25. The lowest BCUT2D eigenvalue weighted by Crippen LogP contribution is -2.48. The molecule has 1 atom stereocenters. The van der Waals surface area contributed by atoms with Crippen LogP contribution < -0.4 is 5.32 Å². The van der Waals surface area contributed by atoms with Gasteiger partial charge in [0.05, 0.1) is 17.7 Å². The van der Waals surface area contributed by atoms with Gasteiger partial charge in [-0.1, -0.05) is 11.6 Å². The fourth-order valence-electron chi connectivity index (χ4n) is 2.07. The van der Waals surface area contributed by atoms with Gasteiger partial charge < -0.3 is 15.0 Å². The molecule has 1 heterocycles. The van der Waals surface area contributed by atoms with Crippen LogP contribution in [0.3, 0.4) is 0 Å². The number of halogens is 2. The van der Waals surface area contributed by atoms with E-state index in [-0.39, 0.29) is 17.0 Å². The number of amides is 1. The number of nitrogens with zero attached hydrogens (tertiary/aromatic N) is 1. The Morgan fingerprint density at radius 2 is 2.42 bits per heavy atom. The highest BCUT2D eigenvalue weighted by Gasteiger charge is 2.24. The van der Waals surface area contributed by atoms with Gasteiger partial charge in [-0.05, 0) is 25.2 Å². The maximum absolute atomic E-state index is 13.1. The van der Waals surface area contributed by atoms with E-state index in [0.717, 1.165) is 0 Å². The molecule has 2 rings (SSSR count). The average Bonchev–Trinajstić information content (AvgIpc) is 2.42. The van der Waals surface area contributed by atoms with Crippen molar-refractivity contribution in [2.45, 2.75) is 6.10 Å². The van der Waals surface area contributed by atoms with Crippen LogP contribution in [0.5, 0.6) is 0 Å². The topological polar surface area (TPSA) is 41.6 Å². The molecule has 1 fully saturated rings. The summed E-state index contributed by atoms with van der Waals surface area (Å²) in [6.07, 6.45) is -0.0152. The van der Waals surface area contributed by atoms with Crippen molar-refractivity contribution in [2.24, 2.45) is 0 Å². The summed E-state index contributed by atoms with van der Waals surface area (Å²) in [5.74, 6) is -0.667. The zero-order chi connectivity index (χ0) is 13.8. The second-order valence-corrected chi connectivity index (χ2v) is 4.84. The van der Waals surface area contributed by atoms with Gasteiger partial charge in [-0.3, -0.25) is 4.79 Å². The lowest BCUT2D eigenvalue weighted by atomic mass is 10.1. The van der Waals surface area contributed by atoms with Crippen LogP contribution in [0.2, 0.25) is 5.02 Å². The van der Waals surface area contributed by atoms with E-state index in [0.29, 0.717) is 31.8 Å². The second kappa shape index (κ2) is 6.32. The first kappa shape index (κ1) is 14.2. The second-order valence-electron chi connectivity index (χ2n) is 4.43. The summed E-state index contributed by atoms with van der Waals surface area (Å²) in [6, 6.07) is 4.02. The van der Waals surface area contributed by atoms with Crippen LogP contribution in [0.4, 0.5) is 4.39 Å². The molecule has 6 heteroatoms. The summed E-state index contributed by atoms with van der Waals surface area (Å²) in [5.41, 5.74) is 0.400. The van der Waals surface area contributed by atoms with Gasteiger partial charge in [0.15, 0.2) is 0 Å². The van der Waals surface area contributed by atoms with E-state index < -0.39 is 5.82 Å². The third kappa shape index (κ3) is 3.43. The van der Waals surface area contributed by atoms with Crippen LogP contribution in [0.1, 0.15) is 10.4 Å². The summed E-state index contributed by atoms with van der Waals surface area (Å²) in [6.45, 7) is 2.25. The van der Waals surface area contributed by atoms with Crippen molar-refractivity contribution in [1.82, 2.24) is 10.2 Å². The first-order chi connectivity index (χ1) is 9.11. The van der Waals surface area contributed by atoms with Crippen molar-refractivity contribution in [3.05, 3.63) is 34.6 Å². The number of likely N-dealkylation sites (N-methyl/N-ethyl adjacent to an activating group) is 1. The van der Waals surface area contributed by atoms with Crippen molar-refractivity contribution in [3.8, 4) is 0 Å². The standard InChI is InChI=1S/C13H16ClFN2O2/c1-16-7-10-8-17(4-5-19-10)13(18)9-2-3-12(15)11(14)6-9/h2-3,6,10,16H,4-5,7-8H2,1H3. The zero-order valence-electron chi connectivity index (χ0n) is 10.7. The van der Waals surface area contributed by atoms with Gasteiger partial charge in [0.1, 0.15) is 5.82 Å². The van der Waals surface area contributed by atoms with E-state index in [2.05, 4.69) is 5.32 Å². The third-order valence-electron chi connectivity index (χ3n) is 3.02. The number of morpholine rings is 1. The number of carbonyl (C=O) groups excluding carboxylic acids is 1. The summed E-state index contributed by atoms with van der Waals surface area (Å²) >= 11 is 5.69. The SMILES string of the molecule is CNCC1CN(C(=O)c2ccc(F)c(Cl)c2)CCO1. The molecule has 1 aliphatic heterocycles. The third-order valence-corrected chi connectivity index (χ3v) is 3.31. The maximum atomic E-state index is 13.1. The van der Waals surface area contributed by atoms with Crippen molar-refractivity contribution < 1.29 is 13.9 Å². The average molecular weight is 287 g/mol. The van der Waals surface area contributed by atoms with Crippen molar-refractivity contribution >= 4 is 17.5 Å². The van der Waals surface area contributed by atoms with Crippen LogP contribution in [0, 0.1) is 5.82 Å². The van der Waals surface area contributed by atoms with E-state index in [1.54, 1.807) is 4.90 Å². The predicted octanol–water partition coefficient (Wildman–Crippen LogP) is 1.54. The van der Waals surface area contributed by atoms with Gasteiger partial charge >= 0.3 is 0 Å². The highest BCUT2D eigenvalue weighted by atomic mass is 35.5. The first-order valence-corrected chi connectivity index (χ1v) is 6.50. The van der Waals surface area contributed by atoms with E-state index >= 15 is 0 Å². The van der Waals surface area contributed by atoms with E-state index in [1.807, 2.05) is 7.05 Å². The Hall–Kier alpha value is -1.17. The molecule has 0 radical (unpaired) electrons. The Labute approximate surface area is 116 Å². The minimum Gasteiger partial charge on any atom is -0.373 e. The molecule has 0 saturated carbocycles. The molecular weight excluding hydrogens is 271 g/mol. The molecule has 0 aliphatic carbocycles. The van der Waals surface area contributed by atoms with Crippen LogP contribution >= 0.6 is 11.6 Å². The molecule has 1 aromatic rings. The number of carbonyl (C=O) groups is 1. The molecule has 0 spiro atoms. The molecule has 4 nitrogen and oxygen atoms in total. The molecule has 1 unspecified atom stereocenters. The summed E-state index contributed by atoms with van der Waals surface area (Å²) in [4.78, 5) is 14.0. The summed E-state index contributed by atoms with van der Waals surface area (Å²) in [7, 11) is 1.84. The van der Waals surface area contributed by atoms with Gasteiger partial charge in [0.2, 0.25) is 0 Å². The normalized spacial score (nSPS) is 19.5. The Morgan fingerprint density at radius 3 is 3.11 bits per heavy atom. The monoisotopic (exact) mass is 286 g/mol. The number of ether oxygens (including phenoxy) is 1. The van der Waals surface area contributed by atoms with Crippen molar-refractivity contribution in [2.75, 3.05) is 33.3 Å². The highest BCUT2D eigenvalue weighted by molar-refractivity contribution is 6.31. The van der Waals surface area contributed by atoms with Gasteiger partial charge in [-0.2, -0.15) is 0 Å². The number of benzene rings is 1. The van der Waals surface area contributed by atoms with Crippen LogP contribution in [-0.4, -0.2) is 50.2 Å². The minimum atomic E-state index is -0.520. The zero-order valence-corrected chi connectivity index (χ0v) is 11.4. The Kier molecular flexibility index (Phi) is 4.74. The molecule has 0 bridgehead atoms. The molecule has 1 N–H and O–H groups in total. The smallest absolute Gasteiger partial charge is 0.254 e. The van der Waals surface area contributed by atoms with Crippen LogP contribution in [0.15, 0.2) is 18.2 Å². The largest absolute Gasteiger partial charge is 0.373 e. The van der Waals surface area contributed by atoms with E-state index in [9.17, 15) is 9.18 Å². The van der Waals surface area contributed by atoms with Crippen molar-refractivity contribution in [1.29, 1.82) is 0 Å². The number of hydrogen-bond donors (Lipinski definition) is 1.